The van der Waals surface area contributed by atoms with Gasteiger partial charge in [0.05, 0.1) is 18.0 Å². The number of nitrogens with zero attached hydrogens (tertiary/aromatic N) is 3. The minimum atomic E-state index is -0.304. The molecule has 0 unspecified atom stereocenters. The average molecular weight is 505 g/mol. The van der Waals surface area contributed by atoms with Gasteiger partial charge in [-0.15, -0.1) is 0 Å². The fourth-order valence-electron chi connectivity index (χ4n) is 4.93. The number of anilines is 1. The number of likely N-dealkylation sites (tertiary alicyclic amines) is 1. The quantitative estimate of drug-likeness (QED) is 0.478. The third-order valence-electron chi connectivity index (χ3n) is 7.05. The van der Waals surface area contributed by atoms with Gasteiger partial charge >= 0.3 is 0 Å². The molecule has 1 saturated heterocycles. The van der Waals surface area contributed by atoms with Gasteiger partial charge in [0.1, 0.15) is 5.82 Å². The van der Waals surface area contributed by atoms with Crippen LogP contribution in [0.3, 0.4) is 0 Å². The Labute approximate surface area is 213 Å². The zero-order chi connectivity index (χ0) is 25.9. The summed E-state index contributed by atoms with van der Waals surface area (Å²) in [6.07, 6.45) is 3.43. The minimum absolute atomic E-state index is 0.0441. The number of aromatic amines is 1. The van der Waals surface area contributed by atoms with Gasteiger partial charge < -0.3 is 15.5 Å². The van der Waals surface area contributed by atoms with Crippen LogP contribution in [0, 0.1) is 11.7 Å². The summed E-state index contributed by atoms with van der Waals surface area (Å²) >= 11 is 0. The van der Waals surface area contributed by atoms with Crippen molar-refractivity contribution in [1.82, 2.24) is 25.3 Å². The number of amides is 3. The molecule has 5 rings (SSSR count). The minimum Gasteiger partial charge on any atom is -0.354 e. The van der Waals surface area contributed by atoms with E-state index in [0.29, 0.717) is 49.2 Å². The SMILES string of the molecule is CNC(=O)c1n[nH]c2ccc(NC(=O)[C@@H]3CCN(CC(=O)N4CC=C(c5ccc(F)cc5)CC4)C3)cc12. The summed E-state index contributed by atoms with van der Waals surface area (Å²) in [5.41, 5.74) is 3.68. The van der Waals surface area contributed by atoms with Crippen LogP contribution in [0.4, 0.5) is 10.1 Å². The molecule has 0 saturated carbocycles. The second-order valence-corrected chi connectivity index (χ2v) is 9.45. The molecule has 192 valence electrons. The molecular weight excluding hydrogens is 475 g/mol. The van der Waals surface area contributed by atoms with E-state index in [0.717, 1.165) is 17.6 Å². The lowest BCUT2D eigenvalue weighted by molar-refractivity contribution is -0.132. The number of hydrogen-bond donors (Lipinski definition) is 3. The molecular formula is C27H29FN6O3. The molecule has 3 N–H and O–H groups in total. The summed E-state index contributed by atoms with van der Waals surface area (Å²) in [5, 5.41) is 13.0. The number of benzene rings is 2. The summed E-state index contributed by atoms with van der Waals surface area (Å²) in [6.45, 7) is 2.61. The Balaban J connectivity index is 1.14. The van der Waals surface area contributed by atoms with Crippen LogP contribution >= 0.6 is 0 Å². The van der Waals surface area contributed by atoms with Crippen LogP contribution in [-0.2, 0) is 9.59 Å². The topological polar surface area (TPSA) is 110 Å². The highest BCUT2D eigenvalue weighted by Crippen LogP contribution is 2.25. The third kappa shape index (κ3) is 5.39. The van der Waals surface area contributed by atoms with Gasteiger partial charge in [-0.3, -0.25) is 24.4 Å². The maximum atomic E-state index is 13.2. The van der Waals surface area contributed by atoms with E-state index in [-0.39, 0.29) is 41.7 Å². The van der Waals surface area contributed by atoms with Gasteiger partial charge in [-0.05, 0) is 60.9 Å². The van der Waals surface area contributed by atoms with Gasteiger partial charge in [0.25, 0.3) is 5.91 Å². The molecule has 2 aliphatic heterocycles. The lowest BCUT2D eigenvalue weighted by atomic mass is 9.99. The molecule has 1 atom stereocenters. The number of rotatable bonds is 6. The van der Waals surface area contributed by atoms with Crippen LogP contribution in [0.15, 0.2) is 48.5 Å². The monoisotopic (exact) mass is 504 g/mol. The summed E-state index contributed by atoms with van der Waals surface area (Å²) in [7, 11) is 1.54. The van der Waals surface area contributed by atoms with Crippen LogP contribution in [0.25, 0.3) is 16.5 Å². The third-order valence-corrected chi connectivity index (χ3v) is 7.05. The van der Waals surface area contributed by atoms with Crippen molar-refractivity contribution in [2.75, 3.05) is 45.1 Å². The predicted octanol–water partition coefficient (Wildman–Crippen LogP) is 2.64. The van der Waals surface area contributed by atoms with E-state index < -0.39 is 0 Å². The summed E-state index contributed by atoms with van der Waals surface area (Å²) in [6, 6.07) is 11.7. The van der Waals surface area contributed by atoms with Gasteiger partial charge in [-0.1, -0.05) is 18.2 Å². The van der Waals surface area contributed by atoms with Crippen LogP contribution in [-0.4, -0.2) is 77.5 Å². The highest BCUT2D eigenvalue weighted by atomic mass is 19.1. The van der Waals surface area contributed by atoms with Crippen molar-refractivity contribution in [3.8, 4) is 0 Å². The molecule has 3 amide bonds. The standard InChI is InChI=1S/C27H29FN6O3/c1-29-27(37)25-22-14-21(6-7-23(22)31-32-25)30-26(36)19-8-11-33(15-19)16-24(35)34-12-9-18(10-13-34)17-2-4-20(28)5-3-17/h2-7,9,14,19H,8,10-13,15-16H2,1H3,(H,29,37)(H,30,36)(H,31,32)/t19-/m1/s1. The highest BCUT2D eigenvalue weighted by molar-refractivity contribution is 6.06. The van der Waals surface area contributed by atoms with E-state index in [4.69, 9.17) is 0 Å². The Morgan fingerprint density at radius 3 is 2.68 bits per heavy atom. The van der Waals surface area contributed by atoms with E-state index in [9.17, 15) is 18.8 Å². The van der Waals surface area contributed by atoms with E-state index >= 15 is 0 Å². The second-order valence-electron chi connectivity index (χ2n) is 9.45. The molecule has 0 bridgehead atoms. The number of aromatic nitrogens is 2. The number of H-pyrrole nitrogens is 1. The van der Waals surface area contributed by atoms with Gasteiger partial charge in [-0.2, -0.15) is 5.10 Å². The van der Waals surface area contributed by atoms with Gasteiger partial charge in [0.2, 0.25) is 11.8 Å². The Kier molecular flexibility index (Phi) is 7.00. The highest BCUT2D eigenvalue weighted by Gasteiger charge is 2.31. The van der Waals surface area contributed by atoms with Crippen molar-refractivity contribution in [3.63, 3.8) is 0 Å². The van der Waals surface area contributed by atoms with Crippen molar-refractivity contribution in [2.24, 2.45) is 5.92 Å². The molecule has 37 heavy (non-hydrogen) atoms. The van der Waals surface area contributed by atoms with Crippen LogP contribution in [0.1, 0.15) is 28.9 Å². The van der Waals surface area contributed by atoms with Gasteiger partial charge in [-0.25, -0.2) is 4.39 Å². The first-order chi connectivity index (χ1) is 17.9. The predicted molar refractivity (Wildman–Crippen MR) is 138 cm³/mol. The zero-order valence-corrected chi connectivity index (χ0v) is 20.6. The molecule has 1 aromatic heterocycles. The average Bonchev–Trinajstić information content (AvgIpc) is 3.56. The molecule has 9 nitrogen and oxygen atoms in total. The molecule has 2 aliphatic rings. The maximum Gasteiger partial charge on any atom is 0.272 e. The van der Waals surface area contributed by atoms with Crippen molar-refractivity contribution in [3.05, 3.63) is 65.6 Å². The van der Waals surface area contributed by atoms with Gasteiger partial charge in [0.15, 0.2) is 5.69 Å². The number of carbonyl (C=O) groups is 3. The van der Waals surface area contributed by atoms with Crippen molar-refractivity contribution in [2.45, 2.75) is 12.8 Å². The van der Waals surface area contributed by atoms with Crippen molar-refractivity contribution in [1.29, 1.82) is 0 Å². The summed E-state index contributed by atoms with van der Waals surface area (Å²) in [4.78, 5) is 41.7. The lowest BCUT2D eigenvalue weighted by Gasteiger charge is -2.28. The maximum absolute atomic E-state index is 13.2. The molecule has 0 radical (unpaired) electrons. The van der Waals surface area contributed by atoms with E-state index in [1.54, 1.807) is 30.3 Å². The normalized spacial score (nSPS) is 18.1. The van der Waals surface area contributed by atoms with E-state index in [2.05, 4.69) is 20.8 Å². The van der Waals surface area contributed by atoms with Crippen LogP contribution in [0.2, 0.25) is 0 Å². The number of carbonyl (C=O) groups excluding carboxylic acids is 3. The number of halogens is 1. The number of fused-ring (bicyclic) bond motifs is 1. The van der Waals surface area contributed by atoms with Crippen molar-refractivity contribution >= 4 is 39.9 Å². The fourth-order valence-corrected chi connectivity index (χ4v) is 4.93. The van der Waals surface area contributed by atoms with Crippen LogP contribution < -0.4 is 10.6 Å². The molecule has 10 heteroatoms. The van der Waals surface area contributed by atoms with Gasteiger partial charge in [0, 0.05) is 37.8 Å². The van der Waals surface area contributed by atoms with Crippen molar-refractivity contribution < 1.29 is 18.8 Å². The van der Waals surface area contributed by atoms with Crippen LogP contribution in [0.5, 0.6) is 0 Å². The van der Waals surface area contributed by atoms with E-state index in [1.807, 2.05) is 15.9 Å². The number of hydrogen-bond acceptors (Lipinski definition) is 5. The second kappa shape index (κ2) is 10.5. The first kappa shape index (κ1) is 24.6. The molecule has 3 heterocycles. The Morgan fingerprint density at radius 2 is 1.95 bits per heavy atom. The zero-order valence-electron chi connectivity index (χ0n) is 20.6. The smallest absolute Gasteiger partial charge is 0.272 e. The first-order valence-corrected chi connectivity index (χ1v) is 12.4. The molecule has 0 spiro atoms. The Morgan fingerprint density at radius 1 is 1.14 bits per heavy atom. The Bertz CT molecular complexity index is 1370. The lowest BCUT2D eigenvalue weighted by Crippen LogP contribution is -2.41. The molecule has 3 aromatic rings. The largest absolute Gasteiger partial charge is 0.354 e. The molecule has 2 aromatic carbocycles. The molecule has 0 aliphatic carbocycles. The summed E-state index contributed by atoms with van der Waals surface area (Å²) in [5.74, 6) is -0.852. The fraction of sp³-hybridized carbons (Fsp3) is 0.333. The number of nitrogens with one attached hydrogen (secondary N) is 3. The van der Waals surface area contributed by atoms with E-state index in [1.165, 1.54) is 19.2 Å². The first-order valence-electron chi connectivity index (χ1n) is 12.4. The summed E-state index contributed by atoms with van der Waals surface area (Å²) < 4.78 is 13.2. The Hall–Kier alpha value is -4.05. The molecule has 1 fully saturated rings.